The van der Waals surface area contributed by atoms with Crippen molar-refractivity contribution in [1.29, 1.82) is 0 Å². The fraction of sp³-hybridized carbons (Fsp3) is 1.00. The number of hydrogen-bond acceptors (Lipinski definition) is 2. The molecule has 2 heteroatoms. The van der Waals surface area contributed by atoms with Crippen molar-refractivity contribution < 1.29 is 10.2 Å². The molecule has 0 aliphatic heterocycles. The lowest BCUT2D eigenvalue weighted by Gasteiger charge is -2.29. The molecular weight excluding hydrogens is 224 g/mol. The Morgan fingerprint density at radius 1 is 0.611 bits per heavy atom. The first-order valence-corrected chi connectivity index (χ1v) is 7.78. The minimum absolute atomic E-state index is 0.607. The molecule has 2 N–H and O–H groups in total. The molecule has 2 nitrogen and oxygen atoms in total. The summed E-state index contributed by atoms with van der Waals surface area (Å²) in [5.74, 6) is 0. The van der Waals surface area contributed by atoms with Crippen molar-refractivity contribution in [3.05, 3.63) is 0 Å². The van der Waals surface area contributed by atoms with Gasteiger partial charge in [-0.3, -0.25) is 0 Å². The normalized spacial score (nSPS) is 18.3. The van der Waals surface area contributed by atoms with Crippen LogP contribution in [-0.4, -0.2) is 21.4 Å². The van der Waals surface area contributed by atoms with Crippen LogP contribution in [0.25, 0.3) is 0 Å². The Morgan fingerprint density at radius 2 is 1.11 bits per heavy atom. The maximum atomic E-state index is 10.3. The molecule has 2 unspecified atom stereocenters. The minimum Gasteiger partial charge on any atom is -0.390 e. The highest BCUT2D eigenvalue weighted by Gasteiger charge is 2.26. The van der Waals surface area contributed by atoms with Crippen LogP contribution in [0.4, 0.5) is 0 Å². The first-order chi connectivity index (χ1) is 8.33. The molecule has 0 aromatic rings. The lowest BCUT2D eigenvalue weighted by Crippen LogP contribution is -2.31. The van der Waals surface area contributed by atoms with Gasteiger partial charge in [0.25, 0.3) is 0 Å². The van der Waals surface area contributed by atoms with Crippen LogP contribution in [0.3, 0.4) is 0 Å². The van der Waals surface area contributed by atoms with Crippen molar-refractivity contribution in [2.45, 2.75) is 103 Å². The maximum Gasteiger partial charge on any atom is 0.0620 e. The van der Waals surface area contributed by atoms with Gasteiger partial charge in [0.15, 0.2) is 0 Å². The van der Waals surface area contributed by atoms with Gasteiger partial charge in [0.05, 0.1) is 11.2 Å². The van der Waals surface area contributed by atoms with E-state index in [0.717, 1.165) is 25.7 Å². The van der Waals surface area contributed by atoms with Gasteiger partial charge in [-0.1, -0.05) is 52.4 Å². The van der Waals surface area contributed by atoms with Crippen LogP contribution in [-0.2, 0) is 0 Å². The van der Waals surface area contributed by atoms with E-state index in [0.29, 0.717) is 12.8 Å². The Hall–Kier alpha value is -0.0800. The minimum atomic E-state index is -0.610. The van der Waals surface area contributed by atoms with Crippen LogP contribution in [0.2, 0.25) is 0 Å². The number of aliphatic hydroxyl groups is 2. The molecule has 0 aliphatic rings. The van der Waals surface area contributed by atoms with Crippen molar-refractivity contribution in [2.75, 3.05) is 0 Å². The lowest BCUT2D eigenvalue weighted by atomic mass is 9.86. The van der Waals surface area contributed by atoms with E-state index in [1.54, 1.807) is 0 Å². The number of rotatable bonds is 11. The zero-order chi connectivity index (χ0) is 14.1. The van der Waals surface area contributed by atoms with Crippen LogP contribution >= 0.6 is 0 Å². The van der Waals surface area contributed by atoms with Gasteiger partial charge in [-0.05, 0) is 39.5 Å². The number of hydrogen-bond donors (Lipinski definition) is 2. The standard InChI is InChI=1S/C16H34O2/c1-5-7-8-9-10-12-16(4,18)14-13-15(3,17)11-6-2/h17-18H,5-14H2,1-4H3. The Balaban J connectivity index is 3.78. The summed E-state index contributed by atoms with van der Waals surface area (Å²) < 4.78 is 0. The first-order valence-electron chi connectivity index (χ1n) is 7.78. The van der Waals surface area contributed by atoms with E-state index in [1.807, 2.05) is 13.8 Å². The van der Waals surface area contributed by atoms with Gasteiger partial charge < -0.3 is 10.2 Å². The summed E-state index contributed by atoms with van der Waals surface area (Å²) in [7, 11) is 0. The predicted molar refractivity (Wildman–Crippen MR) is 78.8 cm³/mol. The average molecular weight is 258 g/mol. The molecule has 110 valence electrons. The molecule has 0 saturated heterocycles. The zero-order valence-electron chi connectivity index (χ0n) is 13.0. The Bertz CT molecular complexity index is 197. The van der Waals surface area contributed by atoms with Gasteiger partial charge in [0.2, 0.25) is 0 Å². The van der Waals surface area contributed by atoms with E-state index in [1.165, 1.54) is 25.7 Å². The molecule has 0 rings (SSSR count). The molecule has 0 amide bonds. The smallest absolute Gasteiger partial charge is 0.0620 e. The van der Waals surface area contributed by atoms with Gasteiger partial charge in [-0.15, -0.1) is 0 Å². The summed E-state index contributed by atoms with van der Waals surface area (Å²) in [6.07, 6.45) is 10.2. The van der Waals surface area contributed by atoms with E-state index in [4.69, 9.17) is 0 Å². The summed E-state index contributed by atoms with van der Waals surface area (Å²) >= 11 is 0. The topological polar surface area (TPSA) is 40.5 Å². The van der Waals surface area contributed by atoms with Crippen LogP contribution < -0.4 is 0 Å². The molecule has 2 atom stereocenters. The Kier molecular flexibility index (Phi) is 8.89. The third kappa shape index (κ3) is 9.90. The second-order valence-corrected chi connectivity index (χ2v) is 6.41. The molecule has 0 spiro atoms. The summed E-state index contributed by atoms with van der Waals surface area (Å²) in [4.78, 5) is 0. The zero-order valence-corrected chi connectivity index (χ0v) is 13.0. The molecule has 0 saturated carbocycles. The van der Waals surface area contributed by atoms with Crippen molar-refractivity contribution in [3.63, 3.8) is 0 Å². The molecule has 0 fully saturated rings. The third-order valence-electron chi connectivity index (χ3n) is 3.81. The fourth-order valence-electron chi connectivity index (χ4n) is 2.44. The molecule has 0 bridgehead atoms. The van der Waals surface area contributed by atoms with Crippen LogP contribution in [0.5, 0.6) is 0 Å². The first kappa shape index (κ1) is 17.9. The van der Waals surface area contributed by atoms with Gasteiger partial charge >= 0.3 is 0 Å². The summed E-state index contributed by atoms with van der Waals surface area (Å²) in [5.41, 5.74) is -1.22. The van der Waals surface area contributed by atoms with Crippen molar-refractivity contribution in [3.8, 4) is 0 Å². The Labute approximate surface area is 114 Å². The van der Waals surface area contributed by atoms with Crippen LogP contribution in [0.1, 0.15) is 91.9 Å². The molecule has 18 heavy (non-hydrogen) atoms. The van der Waals surface area contributed by atoms with E-state index in [2.05, 4.69) is 13.8 Å². The largest absolute Gasteiger partial charge is 0.390 e. The molecule has 0 aliphatic carbocycles. The summed E-state index contributed by atoms with van der Waals surface area (Å²) in [6, 6.07) is 0. The fourth-order valence-corrected chi connectivity index (χ4v) is 2.44. The number of unbranched alkanes of at least 4 members (excludes halogenated alkanes) is 4. The molecular formula is C16H34O2. The van der Waals surface area contributed by atoms with Gasteiger partial charge in [-0.2, -0.15) is 0 Å². The lowest BCUT2D eigenvalue weighted by molar-refractivity contribution is -0.0122. The van der Waals surface area contributed by atoms with Crippen LogP contribution in [0, 0.1) is 0 Å². The summed E-state index contributed by atoms with van der Waals surface area (Å²) in [5, 5.41) is 20.4. The maximum absolute atomic E-state index is 10.3. The SMILES string of the molecule is CCCCCCCC(C)(O)CCC(C)(O)CCC. The van der Waals surface area contributed by atoms with E-state index in [-0.39, 0.29) is 0 Å². The van der Waals surface area contributed by atoms with Crippen molar-refractivity contribution in [2.24, 2.45) is 0 Å². The second-order valence-electron chi connectivity index (χ2n) is 6.41. The van der Waals surface area contributed by atoms with E-state index >= 15 is 0 Å². The van der Waals surface area contributed by atoms with Gasteiger partial charge in [0.1, 0.15) is 0 Å². The van der Waals surface area contributed by atoms with E-state index < -0.39 is 11.2 Å². The third-order valence-corrected chi connectivity index (χ3v) is 3.81. The monoisotopic (exact) mass is 258 g/mol. The van der Waals surface area contributed by atoms with Crippen molar-refractivity contribution in [1.82, 2.24) is 0 Å². The highest BCUT2D eigenvalue weighted by atomic mass is 16.3. The molecule has 0 aromatic carbocycles. The highest BCUT2D eigenvalue weighted by Crippen LogP contribution is 2.26. The van der Waals surface area contributed by atoms with Crippen molar-refractivity contribution >= 4 is 0 Å². The molecule has 0 heterocycles. The highest BCUT2D eigenvalue weighted by molar-refractivity contribution is 4.79. The van der Waals surface area contributed by atoms with Gasteiger partial charge in [0, 0.05) is 0 Å². The average Bonchev–Trinajstić information content (AvgIpc) is 2.27. The summed E-state index contributed by atoms with van der Waals surface area (Å²) in [6.45, 7) is 8.09. The Morgan fingerprint density at radius 3 is 1.61 bits per heavy atom. The second kappa shape index (κ2) is 8.92. The van der Waals surface area contributed by atoms with Crippen LogP contribution in [0.15, 0.2) is 0 Å². The van der Waals surface area contributed by atoms with E-state index in [9.17, 15) is 10.2 Å². The quantitative estimate of drug-likeness (QED) is 0.538. The molecule has 0 radical (unpaired) electrons. The predicted octanol–water partition coefficient (Wildman–Crippen LogP) is 4.43. The van der Waals surface area contributed by atoms with Gasteiger partial charge in [-0.25, -0.2) is 0 Å². The molecule has 0 aromatic heterocycles.